The first-order valence-corrected chi connectivity index (χ1v) is 7.30. The molecule has 5 nitrogen and oxygen atoms in total. The van der Waals surface area contributed by atoms with Gasteiger partial charge in [0.2, 0.25) is 0 Å². The summed E-state index contributed by atoms with van der Waals surface area (Å²) in [4.78, 5) is 11.6. The molecular formula is C17H19FN2O3. The lowest BCUT2D eigenvalue weighted by Crippen LogP contribution is -2.37. The van der Waals surface area contributed by atoms with Crippen LogP contribution in [0.5, 0.6) is 11.5 Å². The SMILES string of the molecule is CCOc1ccc(OCNC(=O)NCc2ccccc2F)cc1. The monoisotopic (exact) mass is 318 g/mol. The summed E-state index contributed by atoms with van der Waals surface area (Å²) in [5.74, 6) is 1.02. The number of carbonyl (C=O) groups is 1. The number of benzene rings is 2. The maximum Gasteiger partial charge on any atom is 0.317 e. The van der Waals surface area contributed by atoms with Gasteiger partial charge in [-0.15, -0.1) is 0 Å². The van der Waals surface area contributed by atoms with E-state index in [0.717, 1.165) is 5.75 Å². The topological polar surface area (TPSA) is 59.6 Å². The highest BCUT2D eigenvalue weighted by molar-refractivity contribution is 5.73. The molecule has 0 radical (unpaired) electrons. The Kier molecular flexibility index (Phi) is 6.23. The van der Waals surface area contributed by atoms with Crippen LogP contribution in [-0.2, 0) is 6.54 Å². The number of rotatable bonds is 7. The van der Waals surface area contributed by atoms with Gasteiger partial charge in [0.05, 0.1) is 6.61 Å². The van der Waals surface area contributed by atoms with Gasteiger partial charge in [0.1, 0.15) is 17.3 Å². The molecule has 122 valence electrons. The summed E-state index contributed by atoms with van der Waals surface area (Å²) in [5.41, 5.74) is 0.426. The van der Waals surface area contributed by atoms with Crippen molar-refractivity contribution in [1.29, 1.82) is 0 Å². The second-order valence-corrected chi connectivity index (χ2v) is 4.64. The van der Waals surface area contributed by atoms with E-state index in [1.165, 1.54) is 6.07 Å². The summed E-state index contributed by atoms with van der Waals surface area (Å²) in [6, 6.07) is 12.9. The van der Waals surface area contributed by atoms with Crippen LogP contribution >= 0.6 is 0 Å². The standard InChI is InChI=1S/C17H19FN2O3/c1-2-22-14-7-9-15(10-8-14)23-12-20-17(21)19-11-13-5-3-4-6-16(13)18/h3-10H,2,11-12H2,1H3,(H2,19,20,21). The summed E-state index contributed by atoms with van der Waals surface area (Å²) < 4.78 is 24.1. The van der Waals surface area contributed by atoms with E-state index in [0.29, 0.717) is 17.9 Å². The normalized spacial score (nSPS) is 10.0. The van der Waals surface area contributed by atoms with Crippen molar-refractivity contribution in [3.05, 3.63) is 59.9 Å². The Balaban J connectivity index is 1.69. The number of ether oxygens (including phenoxy) is 2. The maximum absolute atomic E-state index is 13.4. The fraction of sp³-hybridized carbons (Fsp3) is 0.235. The molecular weight excluding hydrogens is 299 g/mol. The molecule has 6 heteroatoms. The second kappa shape index (κ2) is 8.63. The molecule has 2 aromatic carbocycles. The molecule has 2 aromatic rings. The van der Waals surface area contributed by atoms with E-state index < -0.39 is 6.03 Å². The first-order chi connectivity index (χ1) is 11.2. The molecule has 0 aliphatic rings. The van der Waals surface area contributed by atoms with Gasteiger partial charge in [0.25, 0.3) is 0 Å². The van der Waals surface area contributed by atoms with Crippen LogP contribution in [-0.4, -0.2) is 19.4 Å². The Bertz CT molecular complexity index is 632. The Morgan fingerprint density at radius 3 is 2.30 bits per heavy atom. The van der Waals surface area contributed by atoms with Gasteiger partial charge in [-0.3, -0.25) is 0 Å². The fourth-order valence-corrected chi connectivity index (χ4v) is 1.86. The number of amides is 2. The predicted octanol–water partition coefficient (Wildman–Crippen LogP) is 3.06. The number of urea groups is 1. The molecule has 0 bridgehead atoms. The summed E-state index contributed by atoms with van der Waals surface area (Å²) in [6.45, 7) is 2.64. The van der Waals surface area contributed by atoms with Crippen LogP contribution in [0.4, 0.5) is 9.18 Å². The third kappa shape index (κ3) is 5.50. The van der Waals surface area contributed by atoms with Crippen molar-refractivity contribution < 1.29 is 18.7 Å². The van der Waals surface area contributed by atoms with Crippen molar-refractivity contribution in [2.45, 2.75) is 13.5 Å². The Morgan fingerprint density at radius 1 is 1.00 bits per heavy atom. The third-order valence-corrected chi connectivity index (χ3v) is 3.00. The van der Waals surface area contributed by atoms with Crippen LogP contribution in [0, 0.1) is 5.82 Å². The number of halogens is 1. The van der Waals surface area contributed by atoms with E-state index >= 15 is 0 Å². The van der Waals surface area contributed by atoms with Gasteiger partial charge in [-0.2, -0.15) is 0 Å². The lowest BCUT2D eigenvalue weighted by Gasteiger charge is -2.10. The van der Waals surface area contributed by atoms with Crippen molar-refractivity contribution in [3.8, 4) is 11.5 Å². The van der Waals surface area contributed by atoms with Gasteiger partial charge < -0.3 is 20.1 Å². The minimum absolute atomic E-state index is 0.0110. The van der Waals surface area contributed by atoms with Gasteiger partial charge in [0, 0.05) is 12.1 Å². The van der Waals surface area contributed by atoms with Crippen molar-refractivity contribution in [1.82, 2.24) is 10.6 Å². The summed E-state index contributed by atoms with van der Waals surface area (Å²) >= 11 is 0. The van der Waals surface area contributed by atoms with Crippen LogP contribution in [0.3, 0.4) is 0 Å². The summed E-state index contributed by atoms with van der Waals surface area (Å²) in [5, 5.41) is 5.10. The molecule has 2 rings (SSSR count). The van der Waals surface area contributed by atoms with E-state index in [1.807, 2.05) is 6.92 Å². The quantitative estimate of drug-likeness (QED) is 0.771. The van der Waals surface area contributed by atoms with E-state index in [-0.39, 0.29) is 19.1 Å². The molecule has 23 heavy (non-hydrogen) atoms. The summed E-state index contributed by atoms with van der Waals surface area (Å²) in [7, 11) is 0. The Labute approximate surface area is 134 Å². The van der Waals surface area contributed by atoms with Crippen LogP contribution in [0.1, 0.15) is 12.5 Å². The van der Waals surface area contributed by atoms with E-state index in [9.17, 15) is 9.18 Å². The van der Waals surface area contributed by atoms with Crippen LogP contribution < -0.4 is 20.1 Å². The van der Waals surface area contributed by atoms with Crippen molar-refractivity contribution in [2.24, 2.45) is 0 Å². The molecule has 0 fully saturated rings. The number of hydrogen-bond donors (Lipinski definition) is 2. The zero-order chi connectivity index (χ0) is 16.5. The van der Waals surface area contributed by atoms with E-state index in [1.54, 1.807) is 42.5 Å². The highest BCUT2D eigenvalue weighted by Gasteiger charge is 2.04. The van der Waals surface area contributed by atoms with Gasteiger partial charge >= 0.3 is 6.03 Å². The van der Waals surface area contributed by atoms with Gasteiger partial charge in [-0.1, -0.05) is 18.2 Å². The molecule has 2 amide bonds. The molecule has 0 aliphatic heterocycles. The van der Waals surface area contributed by atoms with Crippen LogP contribution in [0.2, 0.25) is 0 Å². The number of nitrogens with one attached hydrogen (secondary N) is 2. The first-order valence-electron chi connectivity index (χ1n) is 7.30. The minimum atomic E-state index is -0.431. The number of hydrogen-bond acceptors (Lipinski definition) is 3. The molecule has 0 aromatic heterocycles. The van der Waals surface area contributed by atoms with Crippen molar-refractivity contribution in [2.75, 3.05) is 13.3 Å². The highest BCUT2D eigenvalue weighted by atomic mass is 19.1. The molecule has 0 spiro atoms. The smallest absolute Gasteiger partial charge is 0.317 e. The maximum atomic E-state index is 13.4. The average molecular weight is 318 g/mol. The lowest BCUT2D eigenvalue weighted by molar-refractivity contribution is 0.223. The zero-order valence-electron chi connectivity index (χ0n) is 12.8. The average Bonchev–Trinajstić information content (AvgIpc) is 2.56. The molecule has 0 unspecified atom stereocenters. The fourth-order valence-electron chi connectivity index (χ4n) is 1.86. The van der Waals surface area contributed by atoms with Gasteiger partial charge in [-0.05, 0) is 37.3 Å². The van der Waals surface area contributed by atoms with Crippen LogP contribution in [0.15, 0.2) is 48.5 Å². The molecule has 0 aliphatic carbocycles. The minimum Gasteiger partial charge on any atom is -0.494 e. The molecule has 0 saturated carbocycles. The van der Waals surface area contributed by atoms with Gasteiger partial charge in [-0.25, -0.2) is 9.18 Å². The molecule has 0 atom stereocenters. The van der Waals surface area contributed by atoms with Crippen molar-refractivity contribution in [3.63, 3.8) is 0 Å². The largest absolute Gasteiger partial charge is 0.494 e. The Morgan fingerprint density at radius 2 is 1.65 bits per heavy atom. The Hall–Kier alpha value is -2.76. The van der Waals surface area contributed by atoms with Gasteiger partial charge in [0.15, 0.2) is 6.73 Å². The first kappa shape index (κ1) is 16.6. The van der Waals surface area contributed by atoms with E-state index in [2.05, 4.69) is 10.6 Å². The third-order valence-electron chi connectivity index (χ3n) is 3.00. The molecule has 2 N–H and O–H groups in total. The van der Waals surface area contributed by atoms with Crippen molar-refractivity contribution >= 4 is 6.03 Å². The molecule has 0 heterocycles. The number of carbonyl (C=O) groups excluding carboxylic acids is 1. The zero-order valence-corrected chi connectivity index (χ0v) is 12.8. The summed E-state index contributed by atoms with van der Waals surface area (Å²) in [6.07, 6.45) is 0. The molecule has 0 saturated heterocycles. The van der Waals surface area contributed by atoms with E-state index in [4.69, 9.17) is 9.47 Å². The second-order valence-electron chi connectivity index (χ2n) is 4.64. The lowest BCUT2D eigenvalue weighted by atomic mass is 10.2. The predicted molar refractivity (Wildman–Crippen MR) is 84.9 cm³/mol. The highest BCUT2D eigenvalue weighted by Crippen LogP contribution is 2.17. The van der Waals surface area contributed by atoms with Crippen LogP contribution in [0.25, 0.3) is 0 Å².